The van der Waals surface area contributed by atoms with Gasteiger partial charge in [-0.3, -0.25) is 0 Å². The zero-order chi connectivity index (χ0) is 12.9. The van der Waals surface area contributed by atoms with Crippen LogP contribution in [0.2, 0.25) is 0 Å². The number of nitrogens with zero attached hydrogens (tertiary/aromatic N) is 2. The second kappa shape index (κ2) is 5.79. The van der Waals surface area contributed by atoms with Crippen LogP contribution in [0.5, 0.6) is 0 Å². The van der Waals surface area contributed by atoms with Crippen molar-refractivity contribution in [3.8, 4) is 0 Å². The summed E-state index contributed by atoms with van der Waals surface area (Å²) < 4.78 is 0. The molecule has 0 aromatic carbocycles. The minimum atomic E-state index is -0.701. The standard InChI is InChI=1S/C11H21N5O/c1-4-11(17,5-2)6-13-9-8(3)10(16-12)15-7-14-9/h7,17H,4-6,12H2,1-3H3,(H2,13,14,15,16). The topological polar surface area (TPSA) is 96.1 Å². The van der Waals surface area contributed by atoms with E-state index in [2.05, 4.69) is 20.7 Å². The SMILES string of the molecule is CCC(O)(CC)CNc1ncnc(NN)c1C. The van der Waals surface area contributed by atoms with E-state index < -0.39 is 5.60 Å². The lowest BCUT2D eigenvalue weighted by Crippen LogP contribution is -2.35. The van der Waals surface area contributed by atoms with E-state index in [1.165, 1.54) is 6.33 Å². The molecule has 0 unspecified atom stereocenters. The number of hydrogen-bond donors (Lipinski definition) is 4. The molecule has 1 heterocycles. The molecule has 0 amide bonds. The quantitative estimate of drug-likeness (QED) is 0.437. The highest BCUT2D eigenvalue weighted by Gasteiger charge is 2.22. The number of nitrogens with one attached hydrogen (secondary N) is 2. The summed E-state index contributed by atoms with van der Waals surface area (Å²) in [5.41, 5.74) is 2.64. The molecule has 17 heavy (non-hydrogen) atoms. The number of hydrazine groups is 1. The number of nitrogens with two attached hydrogens (primary N) is 1. The van der Waals surface area contributed by atoms with Crippen LogP contribution in [0.25, 0.3) is 0 Å². The number of aromatic nitrogens is 2. The smallest absolute Gasteiger partial charge is 0.148 e. The molecule has 0 atom stereocenters. The summed E-state index contributed by atoms with van der Waals surface area (Å²) >= 11 is 0. The van der Waals surface area contributed by atoms with Crippen molar-refractivity contribution in [2.75, 3.05) is 17.3 Å². The predicted molar refractivity (Wildman–Crippen MR) is 68.6 cm³/mol. The first-order valence-corrected chi connectivity index (χ1v) is 5.80. The molecule has 5 N–H and O–H groups in total. The van der Waals surface area contributed by atoms with Crippen LogP contribution in [0.1, 0.15) is 32.3 Å². The molecule has 0 saturated carbocycles. The summed E-state index contributed by atoms with van der Waals surface area (Å²) in [6.07, 6.45) is 2.83. The van der Waals surface area contributed by atoms with E-state index in [4.69, 9.17) is 5.84 Å². The molecule has 1 aromatic heterocycles. The lowest BCUT2D eigenvalue weighted by molar-refractivity contribution is 0.0456. The van der Waals surface area contributed by atoms with Crippen molar-refractivity contribution in [2.24, 2.45) is 5.84 Å². The Morgan fingerprint density at radius 1 is 1.29 bits per heavy atom. The van der Waals surface area contributed by atoms with Gasteiger partial charge in [0.05, 0.1) is 5.60 Å². The Morgan fingerprint density at radius 2 is 1.88 bits per heavy atom. The van der Waals surface area contributed by atoms with Crippen LogP contribution in [0.3, 0.4) is 0 Å². The Bertz CT molecular complexity index is 365. The Labute approximate surface area is 102 Å². The van der Waals surface area contributed by atoms with E-state index in [1.54, 1.807) is 0 Å². The van der Waals surface area contributed by atoms with Crippen molar-refractivity contribution >= 4 is 11.6 Å². The highest BCUT2D eigenvalue weighted by molar-refractivity contribution is 5.55. The van der Waals surface area contributed by atoms with Gasteiger partial charge in [-0.1, -0.05) is 13.8 Å². The van der Waals surface area contributed by atoms with Gasteiger partial charge < -0.3 is 15.8 Å². The van der Waals surface area contributed by atoms with Gasteiger partial charge in [-0.15, -0.1) is 0 Å². The summed E-state index contributed by atoms with van der Waals surface area (Å²) in [5.74, 6) is 6.61. The van der Waals surface area contributed by atoms with Crippen molar-refractivity contribution in [1.82, 2.24) is 9.97 Å². The monoisotopic (exact) mass is 239 g/mol. The Morgan fingerprint density at radius 3 is 2.41 bits per heavy atom. The number of nitrogen functional groups attached to an aromatic ring is 1. The van der Waals surface area contributed by atoms with Crippen LogP contribution in [0, 0.1) is 6.92 Å². The van der Waals surface area contributed by atoms with E-state index in [-0.39, 0.29) is 0 Å². The molecule has 6 nitrogen and oxygen atoms in total. The number of anilines is 2. The average Bonchev–Trinajstić information content (AvgIpc) is 2.37. The highest BCUT2D eigenvalue weighted by Crippen LogP contribution is 2.20. The molecule has 1 aromatic rings. The lowest BCUT2D eigenvalue weighted by Gasteiger charge is -2.26. The van der Waals surface area contributed by atoms with Gasteiger partial charge in [0.2, 0.25) is 0 Å². The summed E-state index contributed by atoms with van der Waals surface area (Å²) in [6.45, 7) is 6.26. The first kappa shape index (κ1) is 13.7. The highest BCUT2D eigenvalue weighted by atomic mass is 16.3. The van der Waals surface area contributed by atoms with Gasteiger partial charge in [0.15, 0.2) is 0 Å². The van der Waals surface area contributed by atoms with E-state index in [1.807, 2.05) is 20.8 Å². The summed E-state index contributed by atoms with van der Waals surface area (Å²) in [4.78, 5) is 8.12. The molecular weight excluding hydrogens is 218 g/mol. The minimum absolute atomic E-state index is 0.460. The maximum Gasteiger partial charge on any atom is 0.148 e. The summed E-state index contributed by atoms with van der Waals surface area (Å²) in [7, 11) is 0. The second-order valence-corrected chi connectivity index (χ2v) is 4.13. The third-order valence-corrected chi connectivity index (χ3v) is 3.12. The Hall–Kier alpha value is -1.40. The van der Waals surface area contributed by atoms with Gasteiger partial charge in [-0.05, 0) is 19.8 Å². The van der Waals surface area contributed by atoms with Crippen LogP contribution in [-0.4, -0.2) is 27.2 Å². The summed E-state index contributed by atoms with van der Waals surface area (Å²) in [6, 6.07) is 0. The third kappa shape index (κ3) is 3.28. The second-order valence-electron chi connectivity index (χ2n) is 4.13. The molecule has 0 spiro atoms. The van der Waals surface area contributed by atoms with Crippen LogP contribution in [0.4, 0.5) is 11.6 Å². The Kier molecular flexibility index (Phi) is 4.65. The molecule has 6 heteroatoms. The molecule has 0 aliphatic carbocycles. The average molecular weight is 239 g/mol. The van der Waals surface area contributed by atoms with Gasteiger partial charge in [-0.2, -0.15) is 0 Å². The van der Waals surface area contributed by atoms with Gasteiger partial charge >= 0.3 is 0 Å². The van der Waals surface area contributed by atoms with Crippen molar-refractivity contribution in [1.29, 1.82) is 0 Å². The molecule has 96 valence electrons. The number of rotatable bonds is 6. The number of hydrogen-bond acceptors (Lipinski definition) is 6. The fourth-order valence-electron chi connectivity index (χ4n) is 1.52. The van der Waals surface area contributed by atoms with Crippen LogP contribution in [-0.2, 0) is 0 Å². The first-order valence-electron chi connectivity index (χ1n) is 5.80. The molecule has 0 saturated heterocycles. The molecule has 0 aliphatic heterocycles. The van der Waals surface area contributed by atoms with E-state index in [0.29, 0.717) is 31.0 Å². The van der Waals surface area contributed by atoms with Crippen LogP contribution < -0.4 is 16.6 Å². The first-order chi connectivity index (χ1) is 8.06. The fourth-order valence-corrected chi connectivity index (χ4v) is 1.52. The molecule has 0 bridgehead atoms. The van der Waals surface area contributed by atoms with Gasteiger partial charge in [0, 0.05) is 12.1 Å². The fraction of sp³-hybridized carbons (Fsp3) is 0.636. The molecule has 0 aliphatic rings. The van der Waals surface area contributed by atoms with E-state index in [0.717, 1.165) is 5.56 Å². The number of aliphatic hydroxyl groups is 1. The van der Waals surface area contributed by atoms with Crippen LogP contribution in [0.15, 0.2) is 6.33 Å². The maximum atomic E-state index is 10.2. The minimum Gasteiger partial charge on any atom is -0.388 e. The van der Waals surface area contributed by atoms with E-state index >= 15 is 0 Å². The largest absolute Gasteiger partial charge is 0.388 e. The summed E-state index contributed by atoms with van der Waals surface area (Å²) in [5, 5.41) is 13.3. The van der Waals surface area contributed by atoms with Gasteiger partial charge in [-0.25, -0.2) is 15.8 Å². The van der Waals surface area contributed by atoms with Gasteiger partial charge in [0.25, 0.3) is 0 Å². The molecule has 0 fully saturated rings. The van der Waals surface area contributed by atoms with E-state index in [9.17, 15) is 5.11 Å². The molecule has 0 radical (unpaired) electrons. The zero-order valence-electron chi connectivity index (χ0n) is 10.6. The van der Waals surface area contributed by atoms with Crippen molar-refractivity contribution < 1.29 is 5.11 Å². The lowest BCUT2D eigenvalue weighted by atomic mass is 9.97. The van der Waals surface area contributed by atoms with Crippen LogP contribution >= 0.6 is 0 Å². The normalized spacial score (nSPS) is 11.4. The molecular formula is C11H21N5O. The zero-order valence-corrected chi connectivity index (χ0v) is 10.6. The van der Waals surface area contributed by atoms with Crippen molar-refractivity contribution in [2.45, 2.75) is 39.2 Å². The molecule has 1 rings (SSSR count). The maximum absolute atomic E-state index is 10.2. The predicted octanol–water partition coefficient (Wildman–Crippen LogP) is 1.03. The van der Waals surface area contributed by atoms with Crippen molar-refractivity contribution in [3.05, 3.63) is 11.9 Å². The van der Waals surface area contributed by atoms with Crippen molar-refractivity contribution in [3.63, 3.8) is 0 Å². The van der Waals surface area contributed by atoms with Gasteiger partial charge in [0.1, 0.15) is 18.0 Å². The third-order valence-electron chi connectivity index (χ3n) is 3.12. The Balaban J connectivity index is 2.76.